The van der Waals surface area contributed by atoms with Crippen LogP contribution in [-0.4, -0.2) is 34.6 Å². The zero-order valence-electron chi connectivity index (χ0n) is 16.9. The van der Waals surface area contributed by atoms with Crippen molar-refractivity contribution in [2.24, 2.45) is 7.05 Å². The second-order valence-corrected chi connectivity index (χ2v) is 9.42. The molecule has 0 amide bonds. The van der Waals surface area contributed by atoms with Crippen LogP contribution in [0.2, 0.25) is 0 Å². The highest BCUT2D eigenvalue weighted by Crippen LogP contribution is 2.29. The summed E-state index contributed by atoms with van der Waals surface area (Å²) in [4.78, 5) is 16.9. The fourth-order valence-electron chi connectivity index (χ4n) is 2.91. The highest BCUT2D eigenvalue weighted by Gasteiger charge is 2.24. The van der Waals surface area contributed by atoms with Crippen LogP contribution in [0.1, 0.15) is 26.5 Å². The summed E-state index contributed by atoms with van der Waals surface area (Å²) in [6.45, 7) is 6.27. The molecular weight excluding hydrogens is 470 g/mol. The molecule has 0 aliphatic heterocycles. The lowest BCUT2D eigenvalue weighted by molar-refractivity contribution is 0.258. The van der Waals surface area contributed by atoms with E-state index in [1.807, 2.05) is 55.1 Å². The predicted octanol–water partition coefficient (Wildman–Crippen LogP) is 3.38. The minimum absolute atomic E-state index is 0.180. The average Bonchev–Trinajstić information content (AvgIpc) is 3.40. The first-order valence-corrected chi connectivity index (χ1v) is 10.8. The maximum absolute atomic E-state index is 12.3. The SMILES string of the molecule is Cn1nnn(-c2cnn(C(C)(C)C)c2COc2csc(-c3ccc(Br)cc3)n2)c1=O. The molecule has 0 radical (unpaired) electrons. The lowest BCUT2D eigenvalue weighted by atomic mass is 10.1. The Kier molecular flexibility index (Phi) is 5.33. The van der Waals surface area contributed by atoms with Crippen LogP contribution in [0.3, 0.4) is 0 Å². The fourth-order valence-corrected chi connectivity index (χ4v) is 3.93. The number of tetrazole rings is 1. The number of aryl methyl sites for hydroxylation is 1. The first kappa shape index (κ1) is 20.5. The maximum atomic E-state index is 12.3. The number of nitrogens with zero attached hydrogens (tertiary/aromatic N) is 7. The standard InChI is InChI=1S/C19H20BrN7O2S/c1-19(2,3)27-15(14(9-21-27)26-18(28)25(4)23-24-26)10-29-16-11-30-17(22-16)12-5-7-13(20)8-6-12/h5-9,11H,10H2,1-4H3. The van der Waals surface area contributed by atoms with Crippen LogP contribution >= 0.6 is 27.3 Å². The number of ether oxygens (including phenoxy) is 1. The van der Waals surface area contributed by atoms with Gasteiger partial charge in [-0.2, -0.15) is 14.5 Å². The van der Waals surface area contributed by atoms with Gasteiger partial charge in [0.1, 0.15) is 23.0 Å². The van der Waals surface area contributed by atoms with Gasteiger partial charge in [-0.1, -0.05) is 28.1 Å². The van der Waals surface area contributed by atoms with E-state index >= 15 is 0 Å². The molecule has 30 heavy (non-hydrogen) atoms. The van der Waals surface area contributed by atoms with Gasteiger partial charge in [0.05, 0.1) is 17.1 Å². The molecule has 0 fully saturated rings. The highest BCUT2D eigenvalue weighted by molar-refractivity contribution is 9.10. The molecule has 156 valence electrons. The molecule has 3 heterocycles. The minimum Gasteiger partial charge on any atom is -0.470 e. The first-order chi connectivity index (χ1) is 14.2. The minimum atomic E-state index is -0.351. The predicted molar refractivity (Wildman–Crippen MR) is 117 cm³/mol. The maximum Gasteiger partial charge on any atom is 0.368 e. The van der Waals surface area contributed by atoms with Crippen molar-refractivity contribution in [2.75, 3.05) is 0 Å². The van der Waals surface area contributed by atoms with Gasteiger partial charge in [0, 0.05) is 17.1 Å². The summed E-state index contributed by atoms with van der Waals surface area (Å²) in [5, 5.41) is 14.9. The Morgan fingerprint density at radius 1 is 1.17 bits per heavy atom. The third-order valence-electron chi connectivity index (χ3n) is 4.36. The van der Waals surface area contributed by atoms with E-state index in [2.05, 4.69) is 36.4 Å². The van der Waals surface area contributed by atoms with Crippen molar-refractivity contribution in [1.29, 1.82) is 0 Å². The van der Waals surface area contributed by atoms with Crippen molar-refractivity contribution in [1.82, 2.24) is 34.6 Å². The number of thiazole rings is 1. The van der Waals surface area contributed by atoms with Gasteiger partial charge in [-0.25, -0.2) is 9.78 Å². The van der Waals surface area contributed by atoms with E-state index < -0.39 is 0 Å². The van der Waals surface area contributed by atoms with Crippen LogP contribution in [0.5, 0.6) is 5.88 Å². The first-order valence-electron chi connectivity index (χ1n) is 9.15. The molecule has 11 heteroatoms. The topological polar surface area (TPSA) is 92.7 Å². The lowest BCUT2D eigenvalue weighted by Crippen LogP contribution is -2.28. The highest BCUT2D eigenvalue weighted by atomic mass is 79.9. The average molecular weight is 490 g/mol. The largest absolute Gasteiger partial charge is 0.470 e. The smallest absolute Gasteiger partial charge is 0.368 e. The van der Waals surface area contributed by atoms with Gasteiger partial charge in [0.2, 0.25) is 5.88 Å². The van der Waals surface area contributed by atoms with Crippen LogP contribution < -0.4 is 10.4 Å². The Hall–Kier alpha value is -2.79. The molecular formula is C19H20BrN7O2S. The molecule has 0 aliphatic carbocycles. The normalized spacial score (nSPS) is 11.8. The van der Waals surface area contributed by atoms with Gasteiger partial charge in [0.25, 0.3) is 0 Å². The van der Waals surface area contributed by atoms with Crippen molar-refractivity contribution < 1.29 is 4.74 Å². The van der Waals surface area contributed by atoms with Gasteiger partial charge in [-0.3, -0.25) is 4.68 Å². The molecule has 0 N–H and O–H groups in total. The summed E-state index contributed by atoms with van der Waals surface area (Å²) in [6.07, 6.45) is 1.61. The van der Waals surface area contributed by atoms with E-state index in [9.17, 15) is 4.79 Å². The lowest BCUT2D eigenvalue weighted by Gasteiger charge is -2.22. The van der Waals surface area contributed by atoms with Crippen molar-refractivity contribution >= 4 is 27.3 Å². The monoisotopic (exact) mass is 489 g/mol. The summed E-state index contributed by atoms with van der Waals surface area (Å²) in [7, 11) is 1.55. The number of aromatic nitrogens is 7. The molecule has 0 bridgehead atoms. The van der Waals surface area contributed by atoms with Gasteiger partial charge >= 0.3 is 5.69 Å². The van der Waals surface area contributed by atoms with Crippen molar-refractivity contribution in [2.45, 2.75) is 32.9 Å². The zero-order valence-corrected chi connectivity index (χ0v) is 19.3. The number of hydrogen-bond acceptors (Lipinski definition) is 7. The number of benzene rings is 1. The number of halogens is 1. The molecule has 4 aromatic rings. The van der Waals surface area contributed by atoms with Gasteiger partial charge in [0.15, 0.2) is 0 Å². The van der Waals surface area contributed by atoms with Crippen LogP contribution in [0, 0.1) is 0 Å². The molecule has 0 saturated heterocycles. The van der Waals surface area contributed by atoms with E-state index in [-0.39, 0.29) is 17.8 Å². The summed E-state index contributed by atoms with van der Waals surface area (Å²) in [5.74, 6) is 0.511. The van der Waals surface area contributed by atoms with Crippen molar-refractivity contribution in [3.05, 3.63) is 56.5 Å². The molecule has 9 nitrogen and oxygen atoms in total. The van der Waals surface area contributed by atoms with E-state index in [0.29, 0.717) is 17.3 Å². The Morgan fingerprint density at radius 3 is 2.53 bits per heavy atom. The van der Waals surface area contributed by atoms with Crippen LogP contribution in [0.4, 0.5) is 0 Å². The third kappa shape index (κ3) is 3.94. The van der Waals surface area contributed by atoms with Crippen molar-refractivity contribution in [3.8, 4) is 22.1 Å². The fraction of sp³-hybridized carbons (Fsp3) is 0.316. The second-order valence-electron chi connectivity index (χ2n) is 7.64. The van der Waals surface area contributed by atoms with Gasteiger partial charge in [-0.05, 0) is 43.3 Å². The molecule has 3 aromatic heterocycles. The Labute approximate surface area is 185 Å². The summed E-state index contributed by atoms with van der Waals surface area (Å²) in [6, 6.07) is 7.95. The second kappa shape index (κ2) is 7.80. The van der Waals surface area contributed by atoms with Gasteiger partial charge < -0.3 is 4.74 Å². The quantitative estimate of drug-likeness (QED) is 0.426. The Bertz CT molecular complexity index is 1230. The third-order valence-corrected chi connectivity index (χ3v) is 5.76. The molecule has 0 saturated carbocycles. The number of hydrogen-bond donors (Lipinski definition) is 0. The summed E-state index contributed by atoms with van der Waals surface area (Å²) >= 11 is 4.95. The molecule has 0 atom stereocenters. The molecule has 0 spiro atoms. The van der Waals surface area contributed by atoms with Crippen LogP contribution in [0.15, 0.2) is 45.1 Å². The van der Waals surface area contributed by atoms with E-state index in [1.54, 1.807) is 13.2 Å². The zero-order chi connectivity index (χ0) is 21.5. The molecule has 0 aliphatic rings. The number of rotatable bonds is 5. The van der Waals surface area contributed by atoms with E-state index in [0.717, 1.165) is 15.0 Å². The summed E-state index contributed by atoms with van der Waals surface area (Å²) in [5.41, 5.74) is 1.60. The van der Waals surface area contributed by atoms with Crippen LogP contribution in [-0.2, 0) is 19.2 Å². The van der Waals surface area contributed by atoms with E-state index in [4.69, 9.17) is 4.74 Å². The Morgan fingerprint density at radius 2 is 1.90 bits per heavy atom. The molecule has 4 rings (SSSR count). The van der Waals surface area contributed by atoms with E-state index in [1.165, 1.54) is 20.7 Å². The van der Waals surface area contributed by atoms with Crippen LogP contribution in [0.25, 0.3) is 16.3 Å². The van der Waals surface area contributed by atoms with Gasteiger partial charge in [-0.15, -0.1) is 11.3 Å². The van der Waals surface area contributed by atoms with Crippen molar-refractivity contribution in [3.63, 3.8) is 0 Å². The Balaban J connectivity index is 1.63. The molecule has 0 unspecified atom stereocenters. The summed E-state index contributed by atoms with van der Waals surface area (Å²) < 4.78 is 11.2. The molecule has 1 aromatic carbocycles.